The second-order valence-corrected chi connectivity index (χ2v) is 7.17. The van der Waals surface area contributed by atoms with Gasteiger partial charge in [-0.25, -0.2) is 4.79 Å². The van der Waals surface area contributed by atoms with Gasteiger partial charge in [-0.05, 0) is 72.8 Å². The number of hydrogen-bond donors (Lipinski definition) is 0. The van der Waals surface area contributed by atoms with Gasteiger partial charge in [0, 0.05) is 0 Å². The minimum atomic E-state index is -0.556. The van der Waals surface area contributed by atoms with E-state index in [1.807, 2.05) is 41.5 Å². The van der Waals surface area contributed by atoms with Crippen molar-refractivity contribution in [3.63, 3.8) is 0 Å². The average molecular weight is 268 g/mol. The van der Waals surface area contributed by atoms with Crippen molar-refractivity contribution in [3.8, 4) is 0 Å². The van der Waals surface area contributed by atoms with Gasteiger partial charge in [0.05, 0.1) is 5.60 Å². The molecule has 0 aromatic carbocycles. The van der Waals surface area contributed by atoms with Gasteiger partial charge in [-0.15, -0.1) is 0 Å². The highest BCUT2D eigenvalue weighted by atomic mass is 16.6. The van der Waals surface area contributed by atoms with Gasteiger partial charge in [-0.2, -0.15) is 0 Å². The standard InChI is InChI=1S/C16H28O3/c1-15(2,3)18-13(12-10-8-7-9-11-12)14(17)19-16(4,5)6/h10,13H,7-9,11H2,1-6H3. The van der Waals surface area contributed by atoms with Crippen molar-refractivity contribution in [1.82, 2.24) is 0 Å². The lowest BCUT2D eigenvalue weighted by molar-refractivity contribution is -0.173. The van der Waals surface area contributed by atoms with E-state index in [1.165, 1.54) is 6.42 Å². The second-order valence-electron chi connectivity index (χ2n) is 7.17. The molecule has 0 saturated carbocycles. The fourth-order valence-corrected chi connectivity index (χ4v) is 2.09. The smallest absolute Gasteiger partial charge is 0.340 e. The van der Waals surface area contributed by atoms with Crippen molar-refractivity contribution in [2.24, 2.45) is 0 Å². The highest BCUT2D eigenvalue weighted by molar-refractivity contribution is 5.79. The number of esters is 1. The molecule has 0 saturated heterocycles. The van der Waals surface area contributed by atoms with Gasteiger partial charge in [-0.3, -0.25) is 0 Å². The summed E-state index contributed by atoms with van der Waals surface area (Å²) in [5, 5.41) is 0. The lowest BCUT2D eigenvalue weighted by atomic mass is 9.94. The predicted molar refractivity (Wildman–Crippen MR) is 77.0 cm³/mol. The van der Waals surface area contributed by atoms with Crippen LogP contribution in [0.2, 0.25) is 0 Å². The van der Waals surface area contributed by atoms with Crippen LogP contribution in [0, 0.1) is 0 Å². The van der Waals surface area contributed by atoms with Crippen LogP contribution >= 0.6 is 0 Å². The van der Waals surface area contributed by atoms with E-state index in [0.29, 0.717) is 0 Å². The van der Waals surface area contributed by atoms with Crippen LogP contribution in [0.3, 0.4) is 0 Å². The third kappa shape index (κ3) is 6.24. The van der Waals surface area contributed by atoms with Crippen LogP contribution in [0.15, 0.2) is 11.6 Å². The molecule has 1 aliphatic carbocycles. The number of allylic oxidation sites excluding steroid dienone is 1. The Balaban J connectivity index is 2.85. The fourth-order valence-electron chi connectivity index (χ4n) is 2.09. The lowest BCUT2D eigenvalue weighted by Crippen LogP contribution is -2.39. The fraction of sp³-hybridized carbons (Fsp3) is 0.812. The zero-order valence-electron chi connectivity index (χ0n) is 13.2. The Morgan fingerprint density at radius 3 is 2.16 bits per heavy atom. The molecule has 1 aliphatic rings. The molecule has 1 atom stereocenters. The van der Waals surface area contributed by atoms with Crippen molar-refractivity contribution >= 4 is 5.97 Å². The summed E-state index contributed by atoms with van der Waals surface area (Å²) in [7, 11) is 0. The summed E-state index contributed by atoms with van der Waals surface area (Å²) >= 11 is 0. The molecule has 0 spiro atoms. The third-order valence-electron chi connectivity index (χ3n) is 2.76. The van der Waals surface area contributed by atoms with E-state index in [0.717, 1.165) is 24.8 Å². The molecule has 0 aromatic heterocycles. The normalized spacial score (nSPS) is 18.7. The van der Waals surface area contributed by atoms with Crippen LogP contribution in [-0.4, -0.2) is 23.3 Å². The Hall–Kier alpha value is -0.830. The number of carbonyl (C=O) groups is 1. The maximum atomic E-state index is 12.3. The van der Waals surface area contributed by atoms with Crippen LogP contribution in [0.1, 0.15) is 67.2 Å². The number of hydrogen-bond acceptors (Lipinski definition) is 3. The first-order valence-corrected chi connectivity index (χ1v) is 7.18. The summed E-state index contributed by atoms with van der Waals surface area (Å²) in [5.41, 5.74) is 0.237. The van der Waals surface area contributed by atoms with Crippen LogP contribution in [-0.2, 0) is 14.3 Å². The van der Waals surface area contributed by atoms with E-state index in [2.05, 4.69) is 6.08 Å². The molecular formula is C16H28O3. The molecule has 110 valence electrons. The van der Waals surface area contributed by atoms with E-state index < -0.39 is 11.7 Å². The van der Waals surface area contributed by atoms with E-state index >= 15 is 0 Å². The van der Waals surface area contributed by atoms with Crippen molar-refractivity contribution in [1.29, 1.82) is 0 Å². The van der Waals surface area contributed by atoms with Crippen LogP contribution in [0.25, 0.3) is 0 Å². The predicted octanol–water partition coefficient (Wildman–Crippen LogP) is 4.01. The second kappa shape index (κ2) is 6.08. The topological polar surface area (TPSA) is 35.5 Å². The SMILES string of the molecule is CC(C)(C)OC(=O)C(OC(C)(C)C)C1=CCCCC1. The maximum Gasteiger partial charge on any atom is 0.340 e. The molecule has 1 rings (SSSR count). The van der Waals surface area contributed by atoms with Gasteiger partial charge in [0.2, 0.25) is 0 Å². The Bertz CT molecular complexity index is 342. The molecule has 19 heavy (non-hydrogen) atoms. The number of rotatable bonds is 3. The summed E-state index contributed by atoms with van der Waals surface area (Å²) in [6, 6.07) is 0. The number of carbonyl (C=O) groups excluding carboxylic acids is 1. The summed E-state index contributed by atoms with van der Waals surface area (Å²) < 4.78 is 11.4. The first-order valence-electron chi connectivity index (χ1n) is 7.18. The van der Waals surface area contributed by atoms with Crippen molar-refractivity contribution in [2.45, 2.75) is 84.5 Å². The Kier molecular flexibility index (Phi) is 5.19. The summed E-state index contributed by atoms with van der Waals surface area (Å²) in [6.07, 6.45) is 5.87. The van der Waals surface area contributed by atoms with Gasteiger partial charge in [-0.1, -0.05) is 6.08 Å². The third-order valence-corrected chi connectivity index (χ3v) is 2.76. The van der Waals surface area contributed by atoms with Crippen LogP contribution in [0.5, 0.6) is 0 Å². The first-order chi connectivity index (χ1) is 8.58. The zero-order chi connectivity index (χ0) is 14.7. The minimum Gasteiger partial charge on any atom is -0.458 e. The minimum absolute atomic E-state index is 0.268. The highest BCUT2D eigenvalue weighted by Crippen LogP contribution is 2.27. The largest absolute Gasteiger partial charge is 0.458 e. The highest BCUT2D eigenvalue weighted by Gasteiger charge is 2.32. The Labute approximate surface area is 117 Å². The van der Waals surface area contributed by atoms with Gasteiger partial charge < -0.3 is 9.47 Å². The molecule has 3 heteroatoms. The van der Waals surface area contributed by atoms with E-state index in [9.17, 15) is 4.79 Å². The molecule has 0 N–H and O–H groups in total. The van der Waals surface area contributed by atoms with Gasteiger partial charge in [0.15, 0.2) is 6.10 Å². The molecular weight excluding hydrogens is 240 g/mol. The quantitative estimate of drug-likeness (QED) is 0.573. The molecule has 0 fully saturated rings. The van der Waals surface area contributed by atoms with Crippen molar-refractivity contribution < 1.29 is 14.3 Å². The molecule has 0 heterocycles. The van der Waals surface area contributed by atoms with Crippen LogP contribution in [0.4, 0.5) is 0 Å². The molecule has 0 amide bonds. The van der Waals surface area contributed by atoms with Gasteiger partial charge in [0.1, 0.15) is 5.60 Å². The monoisotopic (exact) mass is 268 g/mol. The molecule has 0 aliphatic heterocycles. The van der Waals surface area contributed by atoms with Crippen molar-refractivity contribution in [2.75, 3.05) is 0 Å². The molecule has 0 radical (unpaired) electrons. The van der Waals surface area contributed by atoms with E-state index in [-0.39, 0.29) is 11.6 Å². The Morgan fingerprint density at radius 1 is 1.11 bits per heavy atom. The van der Waals surface area contributed by atoms with Crippen LogP contribution < -0.4 is 0 Å². The van der Waals surface area contributed by atoms with Gasteiger partial charge >= 0.3 is 5.97 Å². The molecule has 3 nitrogen and oxygen atoms in total. The zero-order valence-corrected chi connectivity index (χ0v) is 13.2. The molecule has 1 unspecified atom stereocenters. The van der Waals surface area contributed by atoms with E-state index in [1.54, 1.807) is 0 Å². The summed E-state index contributed by atoms with van der Waals surface area (Å²) in [4.78, 5) is 12.3. The van der Waals surface area contributed by atoms with E-state index in [4.69, 9.17) is 9.47 Å². The van der Waals surface area contributed by atoms with Crippen molar-refractivity contribution in [3.05, 3.63) is 11.6 Å². The summed E-state index contributed by atoms with van der Waals surface area (Å²) in [6.45, 7) is 11.5. The number of ether oxygens (including phenoxy) is 2. The molecule has 0 aromatic rings. The first kappa shape index (κ1) is 16.2. The maximum absolute atomic E-state index is 12.3. The Morgan fingerprint density at radius 2 is 1.74 bits per heavy atom. The summed E-state index contributed by atoms with van der Waals surface area (Å²) in [5.74, 6) is -0.268. The average Bonchev–Trinajstić information content (AvgIpc) is 2.23. The van der Waals surface area contributed by atoms with Gasteiger partial charge in [0.25, 0.3) is 0 Å². The molecule has 0 bridgehead atoms. The lowest BCUT2D eigenvalue weighted by Gasteiger charge is -2.31.